The van der Waals surface area contributed by atoms with Crippen LogP contribution in [-0.2, 0) is 6.54 Å². The number of nitrogens with zero attached hydrogens (tertiary/aromatic N) is 2. The number of hydrogen-bond acceptors (Lipinski definition) is 3. The van der Waals surface area contributed by atoms with Crippen LogP contribution in [0.4, 0.5) is 4.39 Å². The number of halogens is 1. The first-order valence-electron chi connectivity index (χ1n) is 5.24. The predicted octanol–water partition coefficient (Wildman–Crippen LogP) is 1.31. The van der Waals surface area contributed by atoms with Gasteiger partial charge in [0.1, 0.15) is 5.82 Å². The highest BCUT2D eigenvalue weighted by Crippen LogP contribution is 2.10. The van der Waals surface area contributed by atoms with Crippen molar-refractivity contribution in [3.8, 4) is 0 Å². The monoisotopic (exact) mass is 236 g/mol. The molecule has 0 amide bonds. The van der Waals surface area contributed by atoms with E-state index in [1.807, 2.05) is 0 Å². The van der Waals surface area contributed by atoms with Gasteiger partial charge in [-0.2, -0.15) is 0 Å². The van der Waals surface area contributed by atoms with Crippen molar-refractivity contribution in [3.05, 3.63) is 40.7 Å². The molecule has 0 unspecified atom stereocenters. The molecule has 1 heterocycles. The zero-order valence-corrected chi connectivity index (χ0v) is 9.64. The minimum absolute atomic E-state index is 0.145. The first-order chi connectivity index (χ1) is 7.87. The molecule has 0 aliphatic carbocycles. The summed E-state index contributed by atoms with van der Waals surface area (Å²) in [7, 11) is 0. The average molecular weight is 236 g/mol. The Kier molecular flexibility index (Phi) is 2.71. The van der Waals surface area contributed by atoms with Gasteiger partial charge in [-0.15, -0.1) is 0 Å². The summed E-state index contributed by atoms with van der Waals surface area (Å²) in [5.74, 6) is -0.426. The van der Waals surface area contributed by atoms with Crippen LogP contribution >= 0.6 is 0 Å². The summed E-state index contributed by atoms with van der Waals surface area (Å²) in [5.41, 5.74) is -0.960. The van der Waals surface area contributed by atoms with E-state index < -0.39 is 11.4 Å². The molecule has 2 aromatic rings. The normalized spacial score (nSPS) is 12.0. The summed E-state index contributed by atoms with van der Waals surface area (Å²) >= 11 is 0. The lowest BCUT2D eigenvalue weighted by Crippen LogP contribution is -2.32. The highest BCUT2D eigenvalue weighted by atomic mass is 19.1. The van der Waals surface area contributed by atoms with Crippen LogP contribution < -0.4 is 5.56 Å². The Hall–Kier alpha value is -1.75. The van der Waals surface area contributed by atoms with Crippen molar-refractivity contribution in [1.82, 2.24) is 9.55 Å². The molecule has 0 saturated carbocycles. The number of benzene rings is 1. The van der Waals surface area contributed by atoms with E-state index >= 15 is 0 Å². The Balaban J connectivity index is 2.59. The van der Waals surface area contributed by atoms with E-state index in [0.717, 1.165) is 0 Å². The van der Waals surface area contributed by atoms with Crippen molar-refractivity contribution in [2.45, 2.75) is 26.0 Å². The van der Waals surface area contributed by atoms with Crippen LogP contribution in [0.5, 0.6) is 0 Å². The van der Waals surface area contributed by atoms with Gasteiger partial charge in [0.2, 0.25) is 0 Å². The first kappa shape index (κ1) is 11.7. The molecule has 2 rings (SSSR count). The highest BCUT2D eigenvalue weighted by molar-refractivity contribution is 5.77. The Bertz CT molecular complexity index is 614. The number of aliphatic hydroxyl groups is 1. The van der Waals surface area contributed by atoms with Crippen LogP contribution in [0.25, 0.3) is 10.9 Å². The molecule has 0 saturated heterocycles. The van der Waals surface area contributed by atoms with Crippen molar-refractivity contribution in [3.63, 3.8) is 0 Å². The maximum atomic E-state index is 13.0. The lowest BCUT2D eigenvalue weighted by Gasteiger charge is -2.18. The molecule has 1 N–H and O–H groups in total. The Morgan fingerprint density at radius 1 is 1.47 bits per heavy atom. The summed E-state index contributed by atoms with van der Waals surface area (Å²) in [6.45, 7) is 3.36. The van der Waals surface area contributed by atoms with Crippen LogP contribution in [-0.4, -0.2) is 20.3 Å². The SMILES string of the molecule is CC(C)(O)Cn1cnc2cc(F)ccc2c1=O. The van der Waals surface area contributed by atoms with E-state index in [0.29, 0.717) is 10.9 Å². The van der Waals surface area contributed by atoms with Gasteiger partial charge in [-0.3, -0.25) is 9.36 Å². The van der Waals surface area contributed by atoms with Gasteiger partial charge in [0, 0.05) is 6.07 Å². The van der Waals surface area contributed by atoms with Crippen molar-refractivity contribution in [2.24, 2.45) is 0 Å². The standard InChI is InChI=1S/C12H13FN2O2/c1-12(2,17)6-15-7-14-10-5-8(13)3-4-9(10)11(15)16/h3-5,7,17H,6H2,1-2H3. The molecule has 1 aromatic carbocycles. The van der Waals surface area contributed by atoms with Crippen molar-refractivity contribution < 1.29 is 9.50 Å². The average Bonchev–Trinajstić information content (AvgIpc) is 2.20. The van der Waals surface area contributed by atoms with Gasteiger partial charge in [0.15, 0.2) is 0 Å². The third-order valence-corrected chi connectivity index (χ3v) is 2.34. The van der Waals surface area contributed by atoms with E-state index in [-0.39, 0.29) is 12.1 Å². The minimum Gasteiger partial charge on any atom is -0.389 e. The van der Waals surface area contributed by atoms with Gasteiger partial charge < -0.3 is 5.11 Å². The summed E-state index contributed by atoms with van der Waals surface area (Å²) in [5, 5.41) is 10.0. The second kappa shape index (κ2) is 3.92. The fourth-order valence-corrected chi connectivity index (χ4v) is 1.66. The fourth-order valence-electron chi connectivity index (χ4n) is 1.66. The van der Waals surface area contributed by atoms with Gasteiger partial charge >= 0.3 is 0 Å². The minimum atomic E-state index is -1.00. The summed E-state index contributed by atoms with van der Waals surface area (Å²) in [6.07, 6.45) is 1.32. The molecule has 0 aliphatic rings. The van der Waals surface area contributed by atoms with Crippen LogP contribution in [0, 0.1) is 5.82 Å². The number of rotatable bonds is 2. The molecular weight excluding hydrogens is 223 g/mol. The van der Waals surface area contributed by atoms with E-state index in [1.54, 1.807) is 13.8 Å². The molecule has 0 aliphatic heterocycles. The van der Waals surface area contributed by atoms with E-state index in [4.69, 9.17) is 0 Å². The second-order valence-electron chi connectivity index (χ2n) is 4.65. The second-order valence-corrected chi connectivity index (χ2v) is 4.65. The molecular formula is C12H13FN2O2. The maximum absolute atomic E-state index is 13.0. The molecule has 0 bridgehead atoms. The molecule has 90 valence electrons. The molecule has 0 spiro atoms. The van der Waals surface area contributed by atoms with E-state index in [9.17, 15) is 14.3 Å². The Morgan fingerprint density at radius 2 is 2.18 bits per heavy atom. The molecule has 0 atom stereocenters. The third kappa shape index (κ3) is 2.50. The summed E-state index contributed by atoms with van der Waals surface area (Å²) in [6, 6.07) is 3.84. The predicted molar refractivity (Wildman–Crippen MR) is 62.3 cm³/mol. The van der Waals surface area contributed by atoms with Gasteiger partial charge in [-0.25, -0.2) is 9.37 Å². The molecule has 0 fully saturated rings. The van der Waals surface area contributed by atoms with Crippen LogP contribution in [0.1, 0.15) is 13.8 Å². The van der Waals surface area contributed by atoms with Crippen molar-refractivity contribution in [1.29, 1.82) is 0 Å². The zero-order valence-electron chi connectivity index (χ0n) is 9.64. The summed E-state index contributed by atoms with van der Waals surface area (Å²) < 4.78 is 14.3. The van der Waals surface area contributed by atoms with Gasteiger partial charge in [-0.05, 0) is 26.0 Å². The topological polar surface area (TPSA) is 55.1 Å². The lowest BCUT2D eigenvalue weighted by molar-refractivity contribution is 0.0603. The smallest absolute Gasteiger partial charge is 0.261 e. The molecule has 5 heteroatoms. The van der Waals surface area contributed by atoms with Crippen molar-refractivity contribution in [2.75, 3.05) is 0 Å². The Morgan fingerprint density at radius 3 is 2.82 bits per heavy atom. The molecule has 4 nitrogen and oxygen atoms in total. The van der Waals surface area contributed by atoms with Crippen LogP contribution in [0.2, 0.25) is 0 Å². The molecule has 17 heavy (non-hydrogen) atoms. The summed E-state index contributed by atoms with van der Waals surface area (Å²) in [4.78, 5) is 16.0. The number of hydrogen-bond donors (Lipinski definition) is 1. The number of fused-ring (bicyclic) bond motifs is 1. The first-order valence-corrected chi connectivity index (χ1v) is 5.24. The molecule has 0 radical (unpaired) electrons. The zero-order chi connectivity index (χ0) is 12.6. The van der Waals surface area contributed by atoms with Gasteiger partial charge in [0.25, 0.3) is 5.56 Å². The maximum Gasteiger partial charge on any atom is 0.261 e. The van der Waals surface area contributed by atoms with E-state index in [1.165, 1.54) is 29.1 Å². The fraction of sp³-hybridized carbons (Fsp3) is 0.333. The van der Waals surface area contributed by atoms with Crippen LogP contribution in [0.15, 0.2) is 29.3 Å². The van der Waals surface area contributed by atoms with Crippen molar-refractivity contribution >= 4 is 10.9 Å². The molecule has 1 aromatic heterocycles. The largest absolute Gasteiger partial charge is 0.389 e. The third-order valence-electron chi connectivity index (χ3n) is 2.34. The van der Waals surface area contributed by atoms with E-state index in [2.05, 4.69) is 4.98 Å². The highest BCUT2D eigenvalue weighted by Gasteiger charge is 2.15. The van der Waals surface area contributed by atoms with Crippen LogP contribution in [0.3, 0.4) is 0 Å². The quantitative estimate of drug-likeness (QED) is 0.855. The van der Waals surface area contributed by atoms with Gasteiger partial charge in [-0.1, -0.05) is 0 Å². The number of aromatic nitrogens is 2. The van der Waals surface area contributed by atoms with Gasteiger partial charge in [0.05, 0.1) is 29.4 Å². The Labute approximate surface area is 97.3 Å². The lowest BCUT2D eigenvalue weighted by atomic mass is 10.1.